The molecule has 2 N–H and O–H groups in total. The van der Waals surface area contributed by atoms with Gasteiger partial charge in [0, 0.05) is 37.8 Å². The minimum absolute atomic E-state index is 0.173. The average molecular weight is 520 g/mol. The summed E-state index contributed by atoms with van der Waals surface area (Å²) in [6.45, 7) is 4.84. The van der Waals surface area contributed by atoms with Crippen molar-refractivity contribution in [3.63, 3.8) is 0 Å². The Hall–Kier alpha value is -4.08. The number of hydrogen-bond acceptors (Lipinski definition) is 6. The van der Waals surface area contributed by atoms with E-state index >= 15 is 0 Å². The highest BCUT2D eigenvalue weighted by atomic mass is 16.6. The molecule has 38 heavy (non-hydrogen) atoms. The maximum Gasteiger partial charge on any atom is 0.414 e. The van der Waals surface area contributed by atoms with Crippen LogP contribution in [0.2, 0.25) is 0 Å². The van der Waals surface area contributed by atoms with E-state index in [0.717, 1.165) is 57.5 Å². The van der Waals surface area contributed by atoms with Gasteiger partial charge in [0.05, 0.1) is 4.92 Å². The summed E-state index contributed by atoms with van der Waals surface area (Å²) in [5.74, 6) is -3.65. The highest BCUT2D eigenvalue weighted by Gasteiger charge is 2.25. The Morgan fingerprint density at radius 1 is 0.842 bits per heavy atom. The van der Waals surface area contributed by atoms with Crippen LogP contribution in [0.1, 0.15) is 29.5 Å². The molecule has 200 valence electrons. The number of nitro groups is 1. The Labute approximate surface area is 222 Å². The van der Waals surface area contributed by atoms with Crippen LogP contribution in [-0.4, -0.2) is 62.6 Å². The molecule has 1 heterocycles. The number of nitro benzene ring substituents is 1. The molecule has 0 aliphatic carbocycles. The first-order valence-electron chi connectivity index (χ1n) is 12.6. The summed E-state index contributed by atoms with van der Waals surface area (Å²) in [4.78, 5) is 34.0. The Bertz CT molecular complexity index is 1170. The van der Waals surface area contributed by atoms with Gasteiger partial charge in [-0.05, 0) is 49.0 Å². The Morgan fingerprint density at radius 2 is 1.39 bits per heavy atom. The summed E-state index contributed by atoms with van der Waals surface area (Å²) in [5.41, 5.74) is 3.93. The quantitative estimate of drug-likeness (QED) is 0.241. The van der Waals surface area contributed by atoms with Gasteiger partial charge in [-0.25, -0.2) is 9.59 Å². The van der Waals surface area contributed by atoms with Crippen molar-refractivity contribution in [2.75, 3.05) is 19.6 Å². The third kappa shape index (κ3) is 9.42. The van der Waals surface area contributed by atoms with E-state index in [-0.39, 0.29) is 10.6 Å². The van der Waals surface area contributed by atoms with Gasteiger partial charge in [0.2, 0.25) is 0 Å². The fourth-order valence-electron chi connectivity index (χ4n) is 4.60. The number of benzene rings is 3. The van der Waals surface area contributed by atoms with Gasteiger partial charge >= 0.3 is 11.9 Å². The first kappa shape index (κ1) is 28.5. The van der Waals surface area contributed by atoms with Crippen LogP contribution in [0.5, 0.6) is 0 Å². The van der Waals surface area contributed by atoms with E-state index in [1.54, 1.807) is 18.2 Å². The molecule has 0 atom stereocenters. The molecule has 3 aromatic rings. The van der Waals surface area contributed by atoms with Crippen LogP contribution in [0.15, 0.2) is 84.9 Å². The monoisotopic (exact) mass is 519 g/mol. The van der Waals surface area contributed by atoms with Crippen LogP contribution < -0.4 is 0 Å². The number of piperidine rings is 1. The molecule has 0 spiro atoms. The normalized spacial score (nSPS) is 13.9. The Morgan fingerprint density at radius 3 is 1.95 bits per heavy atom. The number of likely N-dealkylation sites (tertiary alicyclic amines) is 1. The van der Waals surface area contributed by atoms with Gasteiger partial charge in [0.1, 0.15) is 0 Å². The van der Waals surface area contributed by atoms with Gasteiger partial charge in [0.15, 0.2) is 0 Å². The van der Waals surface area contributed by atoms with Gasteiger partial charge in [-0.15, -0.1) is 0 Å². The molecule has 0 saturated carbocycles. The lowest BCUT2D eigenvalue weighted by Crippen LogP contribution is -2.45. The summed E-state index contributed by atoms with van der Waals surface area (Å²) in [5, 5.41) is 25.8. The second-order valence-electron chi connectivity index (χ2n) is 9.24. The van der Waals surface area contributed by atoms with E-state index in [1.807, 2.05) is 6.07 Å². The zero-order valence-corrected chi connectivity index (χ0v) is 21.2. The first-order chi connectivity index (χ1) is 18.3. The van der Waals surface area contributed by atoms with Crippen molar-refractivity contribution in [1.82, 2.24) is 9.80 Å². The maximum absolute atomic E-state index is 11.1. The van der Waals surface area contributed by atoms with E-state index in [0.29, 0.717) is 6.04 Å². The second-order valence-corrected chi connectivity index (χ2v) is 9.24. The molecular formula is C29H33N3O6. The number of non-ortho nitro benzene ring substituents is 1. The molecule has 4 rings (SSSR count). The molecule has 1 fully saturated rings. The molecule has 0 amide bonds. The van der Waals surface area contributed by atoms with E-state index in [4.69, 9.17) is 19.8 Å². The van der Waals surface area contributed by atoms with Crippen molar-refractivity contribution >= 4 is 17.6 Å². The van der Waals surface area contributed by atoms with Crippen LogP contribution in [0.4, 0.5) is 5.69 Å². The van der Waals surface area contributed by atoms with Crippen LogP contribution in [0, 0.1) is 10.1 Å². The largest absolute Gasteiger partial charge is 0.473 e. The fourth-order valence-corrected chi connectivity index (χ4v) is 4.60. The van der Waals surface area contributed by atoms with Crippen LogP contribution in [0.25, 0.3) is 0 Å². The second kappa shape index (κ2) is 14.6. The topological polar surface area (TPSA) is 124 Å². The average Bonchev–Trinajstić information content (AvgIpc) is 2.93. The molecular weight excluding hydrogens is 486 g/mol. The number of carboxylic acids is 2. The lowest BCUT2D eigenvalue weighted by atomic mass is 10.0. The van der Waals surface area contributed by atoms with Crippen LogP contribution >= 0.6 is 0 Å². The summed E-state index contributed by atoms with van der Waals surface area (Å²) >= 11 is 0. The lowest BCUT2D eigenvalue weighted by molar-refractivity contribution is -0.384. The first-order valence-corrected chi connectivity index (χ1v) is 12.6. The summed E-state index contributed by atoms with van der Waals surface area (Å²) in [6, 6.07) is 29.0. The minimum atomic E-state index is -1.82. The van der Waals surface area contributed by atoms with Gasteiger partial charge in [-0.3, -0.25) is 19.9 Å². The van der Waals surface area contributed by atoms with E-state index < -0.39 is 11.9 Å². The molecule has 0 aromatic heterocycles. The number of hydrogen-bond donors (Lipinski definition) is 2. The third-order valence-electron chi connectivity index (χ3n) is 6.54. The smallest absolute Gasteiger partial charge is 0.414 e. The predicted molar refractivity (Wildman–Crippen MR) is 144 cm³/mol. The maximum atomic E-state index is 11.1. The number of rotatable bonds is 9. The zero-order chi connectivity index (χ0) is 27.3. The summed E-state index contributed by atoms with van der Waals surface area (Å²) < 4.78 is 0. The summed E-state index contributed by atoms with van der Waals surface area (Å²) in [6.07, 6.45) is 3.30. The highest BCUT2D eigenvalue weighted by Crippen LogP contribution is 2.22. The molecule has 0 bridgehead atoms. The van der Waals surface area contributed by atoms with Gasteiger partial charge < -0.3 is 10.2 Å². The zero-order valence-electron chi connectivity index (χ0n) is 21.2. The van der Waals surface area contributed by atoms with Crippen molar-refractivity contribution in [2.24, 2.45) is 0 Å². The Kier molecular flexibility index (Phi) is 11.0. The van der Waals surface area contributed by atoms with Crippen LogP contribution in [-0.2, 0) is 29.1 Å². The van der Waals surface area contributed by atoms with E-state index in [2.05, 4.69) is 70.5 Å². The molecule has 0 unspecified atom stereocenters. The number of aliphatic carboxylic acids is 2. The Balaban J connectivity index is 0.000000599. The van der Waals surface area contributed by atoms with Crippen molar-refractivity contribution in [3.05, 3.63) is 112 Å². The van der Waals surface area contributed by atoms with E-state index in [9.17, 15) is 10.1 Å². The van der Waals surface area contributed by atoms with Crippen molar-refractivity contribution in [3.8, 4) is 0 Å². The number of carbonyl (C=O) groups is 2. The molecule has 1 aliphatic rings. The van der Waals surface area contributed by atoms with Crippen LogP contribution in [0.3, 0.4) is 0 Å². The molecule has 1 saturated heterocycles. The third-order valence-corrected chi connectivity index (χ3v) is 6.54. The summed E-state index contributed by atoms with van der Waals surface area (Å²) in [7, 11) is 0. The predicted octanol–water partition coefficient (Wildman–Crippen LogP) is 4.46. The number of carboxylic acid groups (broad SMARTS) is 2. The molecule has 3 aromatic carbocycles. The standard InChI is InChI=1S/C27H31N3O2.C2H2O4/c31-30(32)27-13-7-12-25(20-27)21-28-17-15-26(16-18-28)29(22-24-10-5-2-6-11-24)19-14-23-8-3-1-4-9-23;3-1(4)2(5)6/h1-13,20,26H,14-19,21-22H2;(H,3,4)(H,5,6). The van der Waals surface area contributed by atoms with Gasteiger partial charge in [-0.2, -0.15) is 0 Å². The molecule has 9 nitrogen and oxygen atoms in total. The molecule has 1 aliphatic heterocycles. The van der Waals surface area contributed by atoms with Crippen molar-refractivity contribution in [1.29, 1.82) is 0 Å². The van der Waals surface area contributed by atoms with E-state index in [1.165, 1.54) is 11.1 Å². The SMILES string of the molecule is O=C(O)C(=O)O.O=[N+]([O-])c1cccc(CN2CCC(N(CCc3ccccc3)Cc3ccccc3)CC2)c1. The molecule has 9 heteroatoms. The number of nitrogens with zero attached hydrogens (tertiary/aromatic N) is 3. The minimum Gasteiger partial charge on any atom is -0.473 e. The van der Waals surface area contributed by atoms with Crippen molar-refractivity contribution < 1.29 is 24.7 Å². The van der Waals surface area contributed by atoms with Gasteiger partial charge in [-0.1, -0.05) is 72.8 Å². The van der Waals surface area contributed by atoms with Gasteiger partial charge in [0.25, 0.3) is 5.69 Å². The molecule has 0 radical (unpaired) electrons. The highest BCUT2D eigenvalue weighted by molar-refractivity contribution is 6.27. The fraction of sp³-hybridized carbons (Fsp3) is 0.310. The van der Waals surface area contributed by atoms with Crippen molar-refractivity contribution in [2.45, 2.75) is 38.4 Å². The lowest BCUT2D eigenvalue weighted by Gasteiger charge is -2.39.